The lowest BCUT2D eigenvalue weighted by Gasteiger charge is -2.07. The Morgan fingerprint density at radius 3 is 2.32 bits per heavy atom. The summed E-state index contributed by atoms with van der Waals surface area (Å²) in [4.78, 5) is 22.0. The van der Waals surface area contributed by atoms with Crippen LogP contribution in [0.25, 0.3) is 0 Å². The van der Waals surface area contributed by atoms with Gasteiger partial charge in [0, 0.05) is 12.8 Å². The minimum Gasteiger partial charge on any atom is -0.481 e. The van der Waals surface area contributed by atoms with Gasteiger partial charge in [0.05, 0.1) is 0 Å². The minimum atomic E-state index is -0.801. The van der Waals surface area contributed by atoms with Crippen molar-refractivity contribution in [3.05, 3.63) is 12.2 Å². The average Bonchev–Trinajstić information content (AvgIpc) is 2.48. The van der Waals surface area contributed by atoms with Crippen molar-refractivity contribution in [3.8, 4) is 0 Å². The molecule has 0 rings (SSSR count). The van der Waals surface area contributed by atoms with Gasteiger partial charge in [-0.3, -0.25) is 9.59 Å². The van der Waals surface area contributed by atoms with Gasteiger partial charge >= 0.3 is 5.97 Å². The van der Waals surface area contributed by atoms with Crippen LogP contribution in [-0.2, 0) is 9.59 Å². The quantitative estimate of drug-likeness (QED) is 0.350. The maximum atomic E-state index is 11.7. The molecule has 0 aromatic carbocycles. The molecule has 4 nitrogen and oxygen atoms in total. The molecule has 0 spiro atoms. The second kappa shape index (κ2) is 14.8. The fourth-order valence-electron chi connectivity index (χ4n) is 2.27. The molecule has 0 aromatic heterocycles. The van der Waals surface area contributed by atoms with Gasteiger partial charge < -0.3 is 10.2 Å². The number of unbranched alkanes of at least 4 members (excludes halogenated alkanes) is 7. The van der Waals surface area contributed by atoms with E-state index < -0.39 is 12.1 Å². The van der Waals surface area contributed by atoms with Gasteiger partial charge in [-0.1, -0.05) is 57.6 Å². The van der Waals surface area contributed by atoms with Crippen LogP contribution in [0, 0.1) is 0 Å². The molecular formula is C18H32O4. The van der Waals surface area contributed by atoms with Gasteiger partial charge in [0.15, 0.2) is 5.78 Å². The summed E-state index contributed by atoms with van der Waals surface area (Å²) < 4.78 is 0. The Labute approximate surface area is 134 Å². The molecule has 0 aromatic rings. The molecule has 0 aliphatic carbocycles. The molecule has 0 aliphatic rings. The standard InChI is InChI=1S/C18H32O4/c1-2-3-10-13-16(19)17(20)14-11-8-6-4-5-7-9-12-15-18(21)22/h8,11,16,19H,2-7,9-10,12-15H2,1H3,(H,21,22). The van der Waals surface area contributed by atoms with Crippen molar-refractivity contribution < 1.29 is 19.8 Å². The predicted molar refractivity (Wildman–Crippen MR) is 88.9 cm³/mol. The van der Waals surface area contributed by atoms with Crippen molar-refractivity contribution >= 4 is 11.8 Å². The van der Waals surface area contributed by atoms with E-state index in [1.165, 1.54) is 0 Å². The maximum absolute atomic E-state index is 11.7. The highest BCUT2D eigenvalue weighted by atomic mass is 16.4. The number of rotatable bonds is 15. The summed E-state index contributed by atoms with van der Waals surface area (Å²) in [5.74, 6) is -0.800. The second-order valence-electron chi connectivity index (χ2n) is 5.85. The Kier molecular flexibility index (Phi) is 14.0. The van der Waals surface area contributed by atoms with Gasteiger partial charge in [-0.25, -0.2) is 0 Å². The Morgan fingerprint density at radius 2 is 1.64 bits per heavy atom. The lowest BCUT2D eigenvalue weighted by Crippen LogP contribution is -2.19. The van der Waals surface area contributed by atoms with Crippen LogP contribution >= 0.6 is 0 Å². The first kappa shape index (κ1) is 20.8. The van der Waals surface area contributed by atoms with Gasteiger partial charge in [-0.15, -0.1) is 0 Å². The molecule has 0 fully saturated rings. The molecule has 128 valence electrons. The van der Waals surface area contributed by atoms with Gasteiger partial charge in [-0.2, -0.15) is 0 Å². The molecule has 0 saturated carbocycles. The van der Waals surface area contributed by atoms with E-state index in [0.717, 1.165) is 57.8 Å². The van der Waals surface area contributed by atoms with Gasteiger partial charge in [0.25, 0.3) is 0 Å². The molecular weight excluding hydrogens is 280 g/mol. The summed E-state index contributed by atoms with van der Waals surface area (Å²) >= 11 is 0. The number of carboxylic acids is 1. The number of hydrogen-bond donors (Lipinski definition) is 2. The van der Waals surface area contributed by atoms with Crippen molar-refractivity contribution in [2.75, 3.05) is 0 Å². The first-order valence-corrected chi connectivity index (χ1v) is 8.65. The number of aliphatic hydroxyl groups excluding tert-OH is 1. The molecule has 0 radical (unpaired) electrons. The van der Waals surface area contributed by atoms with Crippen LogP contribution < -0.4 is 0 Å². The Morgan fingerprint density at radius 1 is 0.955 bits per heavy atom. The van der Waals surface area contributed by atoms with Gasteiger partial charge in [0.2, 0.25) is 0 Å². The zero-order valence-corrected chi connectivity index (χ0v) is 13.9. The van der Waals surface area contributed by atoms with E-state index >= 15 is 0 Å². The number of Topliss-reactive ketones (excluding diaryl/α,β-unsaturated/α-hetero) is 1. The van der Waals surface area contributed by atoms with E-state index in [1.54, 1.807) is 0 Å². The van der Waals surface area contributed by atoms with Crippen molar-refractivity contribution in [2.45, 2.75) is 90.1 Å². The number of carbonyl (C=O) groups is 2. The maximum Gasteiger partial charge on any atom is 0.303 e. The molecule has 2 N–H and O–H groups in total. The normalized spacial score (nSPS) is 12.6. The first-order chi connectivity index (χ1) is 10.6. The van der Waals surface area contributed by atoms with E-state index in [2.05, 4.69) is 6.92 Å². The van der Waals surface area contributed by atoms with Crippen molar-refractivity contribution in [3.63, 3.8) is 0 Å². The third kappa shape index (κ3) is 13.8. The fourth-order valence-corrected chi connectivity index (χ4v) is 2.27. The molecule has 0 saturated heterocycles. The first-order valence-electron chi connectivity index (χ1n) is 8.65. The number of aliphatic carboxylic acids is 1. The summed E-state index contributed by atoms with van der Waals surface area (Å²) in [5, 5.41) is 18.2. The number of carboxylic acid groups (broad SMARTS) is 1. The predicted octanol–water partition coefficient (Wildman–Crippen LogP) is 4.26. The highest BCUT2D eigenvalue weighted by molar-refractivity contribution is 5.84. The molecule has 0 bridgehead atoms. The molecule has 4 heteroatoms. The summed E-state index contributed by atoms with van der Waals surface area (Å²) in [6.07, 6.45) is 13.2. The van der Waals surface area contributed by atoms with Crippen LogP contribution in [-0.4, -0.2) is 28.1 Å². The topological polar surface area (TPSA) is 74.6 Å². The van der Waals surface area contributed by atoms with Crippen molar-refractivity contribution in [1.82, 2.24) is 0 Å². The third-order valence-electron chi connectivity index (χ3n) is 3.70. The van der Waals surface area contributed by atoms with Crippen LogP contribution in [0.1, 0.15) is 84.0 Å². The summed E-state index contributed by atoms with van der Waals surface area (Å²) in [5.41, 5.74) is 0. The minimum absolute atomic E-state index is 0.0824. The van der Waals surface area contributed by atoms with E-state index in [4.69, 9.17) is 5.11 Å². The highest BCUT2D eigenvalue weighted by Crippen LogP contribution is 2.09. The monoisotopic (exact) mass is 312 g/mol. The Balaban J connectivity index is 3.45. The lowest BCUT2D eigenvalue weighted by molar-refractivity contribution is -0.137. The molecule has 22 heavy (non-hydrogen) atoms. The SMILES string of the molecule is CCCCCC(O)C(=O)CC=CCCCCCCCC(=O)O. The van der Waals surface area contributed by atoms with Gasteiger partial charge in [-0.05, 0) is 25.7 Å². The number of ketones is 1. The molecule has 1 unspecified atom stereocenters. The van der Waals surface area contributed by atoms with E-state index in [0.29, 0.717) is 12.8 Å². The van der Waals surface area contributed by atoms with Gasteiger partial charge in [0.1, 0.15) is 6.10 Å². The summed E-state index contributed by atoms with van der Waals surface area (Å²) in [6.45, 7) is 2.10. The lowest BCUT2D eigenvalue weighted by atomic mass is 10.0. The number of hydrogen-bond acceptors (Lipinski definition) is 3. The van der Waals surface area contributed by atoms with Crippen LogP contribution in [0.3, 0.4) is 0 Å². The number of carbonyl (C=O) groups excluding carboxylic acids is 1. The summed E-state index contributed by atoms with van der Waals surface area (Å²) in [7, 11) is 0. The smallest absolute Gasteiger partial charge is 0.303 e. The largest absolute Gasteiger partial charge is 0.481 e. The third-order valence-corrected chi connectivity index (χ3v) is 3.70. The number of aliphatic hydroxyl groups is 1. The average molecular weight is 312 g/mol. The molecule has 0 amide bonds. The van der Waals surface area contributed by atoms with Crippen LogP contribution in [0.2, 0.25) is 0 Å². The van der Waals surface area contributed by atoms with Crippen LogP contribution in [0.4, 0.5) is 0 Å². The van der Waals surface area contributed by atoms with E-state index in [9.17, 15) is 14.7 Å². The van der Waals surface area contributed by atoms with Crippen molar-refractivity contribution in [1.29, 1.82) is 0 Å². The second-order valence-corrected chi connectivity index (χ2v) is 5.85. The molecule has 0 aliphatic heterocycles. The zero-order valence-electron chi connectivity index (χ0n) is 13.9. The number of allylic oxidation sites excluding steroid dienone is 2. The van der Waals surface area contributed by atoms with Crippen molar-refractivity contribution in [2.24, 2.45) is 0 Å². The Bertz CT molecular complexity index is 323. The fraction of sp³-hybridized carbons (Fsp3) is 0.778. The summed E-state index contributed by atoms with van der Waals surface area (Å²) in [6, 6.07) is 0. The zero-order chi connectivity index (χ0) is 16.6. The van der Waals surface area contributed by atoms with E-state index in [1.807, 2.05) is 12.2 Å². The highest BCUT2D eigenvalue weighted by Gasteiger charge is 2.12. The Hall–Kier alpha value is -1.16. The molecule has 1 atom stereocenters. The van der Waals surface area contributed by atoms with Crippen LogP contribution in [0.5, 0.6) is 0 Å². The molecule has 0 heterocycles. The van der Waals surface area contributed by atoms with Crippen LogP contribution in [0.15, 0.2) is 12.2 Å². The van der Waals surface area contributed by atoms with E-state index in [-0.39, 0.29) is 12.2 Å².